The van der Waals surface area contributed by atoms with E-state index in [-0.39, 0.29) is 4.90 Å². The smallest absolute Gasteiger partial charge is 0.241 e. The van der Waals surface area contributed by atoms with Gasteiger partial charge in [0.25, 0.3) is 0 Å². The number of nitrogens with one attached hydrogen (secondary N) is 1. The minimum absolute atomic E-state index is 0.223. The molecule has 108 valence electrons. The summed E-state index contributed by atoms with van der Waals surface area (Å²) in [6.07, 6.45) is 0.644. The van der Waals surface area contributed by atoms with Crippen LogP contribution in [0.25, 0.3) is 0 Å². The molecule has 0 saturated heterocycles. The number of halogens is 1. The van der Waals surface area contributed by atoms with Gasteiger partial charge in [0.05, 0.1) is 4.90 Å². The summed E-state index contributed by atoms with van der Waals surface area (Å²) < 4.78 is 32.4. The Morgan fingerprint density at radius 3 is 2.74 bits per heavy atom. The number of hydrogen-bond acceptors (Lipinski definition) is 4. The molecule has 3 N–H and O–H groups in total. The van der Waals surface area contributed by atoms with Crippen LogP contribution in [0.4, 0.5) is 0 Å². The second-order valence-electron chi connectivity index (χ2n) is 3.92. The minimum Gasteiger partial charge on any atom is -0.382 e. The molecule has 1 rings (SSSR count). The van der Waals surface area contributed by atoms with Crippen LogP contribution in [0.3, 0.4) is 0 Å². The average Bonchev–Trinajstić information content (AvgIpc) is 2.37. The molecule has 0 amide bonds. The summed E-state index contributed by atoms with van der Waals surface area (Å²) in [4.78, 5) is 0.223. The minimum atomic E-state index is -3.50. The number of sulfonamides is 1. The van der Waals surface area contributed by atoms with Gasteiger partial charge < -0.3 is 10.5 Å². The highest BCUT2D eigenvalue weighted by atomic mass is 79.9. The third kappa shape index (κ3) is 5.19. The summed E-state index contributed by atoms with van der Waals surface area (Å²) in [6, 6.07) is 4.98. The quantitative estimate of drug-likeness (QED) is 0.698. The molecule has 0 atom stereocenters. The summed E-state index contributed by atoms with van der Waals surface area (Å²) in [5.41, 5.74) is 6.38. The molecular formula is C12H19BrN2O3S. The van der Waals surface area contributed by atoms with Crippen molar-refractivity contribution in [2.24, 2.45) is 5.73 Å². The molecule has 19 heavy (non-hydrogen) atoms. The summed E-state index contributed by atoms with van der Waals surface area (Å²) in [6.45, 7) is 3.82. The maximum Gasteiger partial charge on any atom is 0.241 e. The summed E-state index contributed by atoms with van der Waals surface area (Å²) in [7, 11) is -3.50. The third-order valence-electron chi connectivity index (χ3n) is 2.48. The first kappa shape index (κ1) is 16.6. The van der Waals surface area contributed by atoms with Crippen LogP contribution >= 0.6 is 15.9 Å². The van der Waals surface area contributed by atoms with Crippen LogP contribution in [0.2, 0.25) is 0 Å². The highest BCUT2D eigenvalue weighted by Crippen LogP contribution is 2.22. The van der Waals surface area contributed by atoms with Crippen molar-refractivity contribution >= 4 is 26.0 Å². The lowest BCUT2D eigenvalue weighted by atomic mass is 10.2. The van der Waals surface area contributed by atoms with Crippen molar-refractivity contribution in [3.8, 4) is 0 Å². The van der Waals surface area contributed by atoms with E-state index in [2.05, 4.69) is 20.7 Å². The van der Waals surface area contributed by atoms with Gasteiger partial charge in [-0.05, 0) is 47.0 Å². The fourth-order valence-electron chi connectivity index (χ4n) is 1.49. The zero-order valence-electron chi connectivity index (χ0n) is 10.9. The van der Waals surface area contributed by atoms with Gasteiger partial charge in [0.2, 0.25) is 10.0 Å². The first-order valence-electron chi connectivity index (χ1n) is 6.07. The molecule has 0 aliphatic carbocycles. The van der Waals surface area contributed by atoms with Gasteiger partial charge in [-0.3, -0.25) is 0 Å². The SMILES string of the molecule is CCOCCCNS(=O)(=O)c1ccc(CN)cc1Br. The van der Waals surface area contributed by atoms with E-state index in [0.717, 1.165) is 5.56 Å². The number of ether oxygens (including phenoxy) is 1. The van der Waals surface area contributed by atoms with Crippen molar-refractivity contribution in [1.29, 1.82) is 0 Å². The van der Waals surface area contributed by atoms with Gasteiger partial charge in [-0.1, -0.05) is 6.07 Å². The second-order valence-corrected chi connectivity index (χ2v) is 6.51. The first-order chi connectivity index (χ1) is 9.01. The van der Waals surface area contributed by atoms with Gasteiger partial charge in [-0.15, -0.1) is 0 Å². The highest BCUT2D eigenvalue weighted by molar-refractivity contribution is 9.10. The van der Waals surface area contributed by atoms with E-state index < -0.39 is 10.0 Å². The number of benzene rings is 1. The summed E-state index contributed by atoms with van der Waals surface area (Å²) in [5.74, 6) is 0. The van der Waals surface area contributed by atoms with Gasteiger partial charge in [0.1, 0.15) is 0 Å². The van der Waals surface area contributed by atoms with Crippen molar-refractivity contribution < 1.29 is 13.2 Å². The molecule has 0 heterocycles. The maximum atomic E-state index is 12.1. The van der Waals surface area contributed by atoms with Gasteiger partial charge in [0.15, 0.2) is 0 Å². The van der Waals surface area contributed by atoms with Crippen LogP contribution in [0.1, 0.15) is 18.9 Å². The van der Waals surface area contributed by atoms with Crippen molar-refractivity contribution in [1.82, 2.24) is 4.72 Å². The van der Waals surface area contributed by atoms with Crippen LogP contribution in [0, 0.1) is 0 Å². The molecule has 0 radical (unpaired) electrons. The lowest BCUT2D eigenvalue weighted by molar-refractivity contribution is 0.146. The Kier molecular flexibility index (Phi) is 6.95. The Morgan fingerprint density at radius 1 is 1.42 bits per heavy atom. The van der Waals surface area contributed by atoms with Gasteiger partial charge >= 0.3 is 0 Å². The lowest BCUT2D eigenvalue weighted by Crippen LogP contribution is -2.26. The largest absolute Gasteiger partial charge is 0.382 e. The number of nitrogens with two attached hydrogens (primary N) is 1. The van der Waals surface area contributed by atoms with E-state index in [1.807, 2.05) is 6.92 Å². The first-order valence-corrected chi connectivity index (χ1v) is 8.34. The topological polar surface area (TPSA) is 81.4 Å². The standard InChI is InChI=1S/C12H19BrN2O3S/c1-2-18-7-3-6-15-19(16,17)12-5-4-10(9-14)8-11(12)13/h4-5,8,15H,2-3,6-7,9,14H2,1H3. The Labute approximate surface area is 122 Å². The van der Waals surface area contributed by atoms with Crippen molar-refractivity contribution in [2.45, 2.75) is 24.8 Å². The monoisotopic (exact) mass is 350 g/mol. The van der Waals surface area contributed by atoms with Gasteiger partial charge in [-0.2, -0.15) is 0 Å². The number of hydrogen-bond donors (Lipinski definition) is 2. The molecule has 1 aromatic carbocycles. The molecule has 0 unspecified atom stereocenters. The van der Waals surface area contributed by atoms with Crippen LogP contribution in [0.5, 0.6) is 0 Å². The van der Waals surface area contributed by atoms with E-state index >= 15 is 0 Å². The zero-order valence-corrected chi connectivity index (χ0v) is 13.3. The van der Waals surface area contributed by atoms with E-state index in [0.29, 0.717) is 37.2 Å². The Balaban J connectivity index is 2.67. The lowest BCUT2D eigenvalue weighted by Gasteiger charge is -2.09. The highest BCUT2D eigenvalue weighted by Gasteiger charge is 2.16. The predicted molar refractivity (Wildman–Crippen MR) is 78.3 cm³/mol. The van der Waals surface area contributed by atoms with Crippen LogP contribution in [0.15, 0.2) is 27.6 Å². The fourth-order valence-corrected chi connectivity index (χ4v) is 3.69. The van der Waals surface area contributed by atoms with Gasteiger partial charge in [0, 0.05) is 30.8 Å². The van der Waals surface area contributed by atoms with E-state index in [1.165, 1.54) is 0 Å². The maximum absolute atomic E-state index is 12.1. The molecule has 0 fully saturated rings. The Hall–Kier alpha value is -0.470. The average molecular weight is 351 g/mol. The van der Waals surface area contributed by atoms with Crippen molar-refractivity contribution in [3.05, 3.63) is 28.2 Å². The molecule has 7 heteroatoms. The molecule has 0 spiro atoms. The molecule has 5 nitrogen and oxygen atoms in total. The molecule has 0 aromatic heterocycles. The van der Waals surface area contributed by atoms with E-state index in [1.54, 1.807) is 18.2 Å². The third-order valence-corrected chi connectivity index (χ3v) is 4.92. The summed E-state index contributed by atoms with van der Waals surface area (Å²) in [5, 5.41) is 0. The van der Waals surface area contributed by atoms with Crippen molar-refractivity contribution in [2.75, 3.05) is 19.8 Å². The molecule has 0 saturated carbocycles. The van der Waals surface area contributed by atoms with Crippen LogP contribution in [-0.2, 0) is 21.3 Å². The Bertz CT molecular complexity index is 506. The predicted octanol–water partition coefficient (Wildman–Crippen LogP) is 1.61. The second kappa shape index (κ2) is 7.96. The molecular weight excluding hydrogens is 332 g/mol. The van der Waals surface area contributed by atoms with Crippen LogP contribution in [-0.4, -0.2) is 28.2 Å². The van der Waals surface area contributed by atoms with E-state index in [9.17, 15) is 8.42 Å². The summed E-state index contributed by atoms with van der Waals surface area (Å²) >= 11 is 3.26. The Morgan fingerprint density at radius 2 is 2.16 bits per heavy atom. The molecule has 0 bridgehead atoms. The van der Waals surface area contributed by atoms with Gasteiger partial charge in [-0.25, -0.2) is 13.1 Å². The van der Waals surface area contributed by atoms with Crippen LogP contribution < -0.4 is 10.5 Å². The normalized spacial score (nSPS) is 11.7. The molecule has 0 aliphatic heterocycles. The van der Waals surface area contributed by atoms with E-state index in [4.69, 9.17) is 10.5 Å². The van der Waals surface area contributed by atoms with Crippen molar-refractivity contribution in [3.63, 3.8) is 0 Å². The molecule has 1 aromatic rings. The molecule has 0 aliphatic rings. The fraction of sp³-hybridized carbons (Fsp3) is 0.500. The number of rotatable bonds is 8. The zero-order chi connectivity index (χ0) is 14.3.